The Balaban J connectivity index is -0.0000000492. The smallest absolute Gasteiger partial charge is 0.314 e. The Bertz CT molecular complexity index is 107. The molecule has 0 aliphatic carbocycles. The number of hydrogen-bond acceptors (Lipinski definition) is 2. The quantitative estimate of drug-likeness (QED) is 0.412. The topological polar surface area (TPSA) is 115 Å². The van der Waals surface area contributed by atoms with E-state index in [4.69, 9.17) is 28.7 Å². The van der Waals surface area contributed by atoms with Crippen LogP contribution >= 0.6 is 16.5 Å². The molecule has 0 unspecified atom stereocenters. The summed E-state index contributed by atoms with van der Waals surface area (Å²) in [6.07, 6.45) is 2.64. The highest BCUT2D eigenvalue weighted by atomic mass is 31.1. The van der Waals surface area contributed by atoms with Gasteiger partial charge < -0.3 is 19.6 Å². The van der Waals surface area contributed by atoms with Crippen LogP contribution < -0.4 is 0 Å². The average Bonchev–Trinajstić information content (AvgIpc) is 2.05. The van der Waals surface area contributed by atoms with E-state index in [0.29, 0.717) is 0 Å². The van der Waals surface area contributed by atoms with Gasteiger partial charge in [0.15, 0.2) is 0 Å². The third-order valence-electron chi connectivity index (χ3n) is 0.500. The van der Waals surface area contributed by atoms with E-state index in [2.05, 4.69) is 27.0 Å². The third kappa shape index (κ3) is 1360. The van der Waals surface area contributed by atoms with Crippen molar-refractivity contribution in [2.45, 2.75) is 26.7 Å². The second-order valence-corrected chi connectivity index (χ2v) is 2.70. The van der Waals surface area contributed by atoms with Gasteiger partial charge in [0.2, 0.25) is 0 Å². The van der Waals surface area contributed by atoms with E-state index >= 15 is 0 Å². The monoisotopic (exact) mass is 250 g/mol. The van der Waals surface area contributed by atoms with Gasteiger partial charge in [0.25, 0.3) is 0 Å². The Labute approximate surface area is 85.8 Å². The van der Waals surface area contributed by atoms with Gasteiger partial charge in [-0.05, 0) is 0 Å². The summed E-state index contributed by atoms with van der Waals surface area (Å²) in [4.78, 5) is 28.6. The van der Waals surface area contributed by atoms with Gasteiger partial charge in [0.1, 0.15) is 0 Å². The van der Waals surface area contributed by atoms with E-state index in [0.717, 1.165) is 0 Å². The second-order valence-electron chi connectivity index (χ2n) is 1.57. The number of rotatable bonds is 1. The van der Waals surface area contributed by atoms with Gasteiger partial charge in [-0.15, -0.1) is 13.2 Å². The zero-order chi connectivity index (χ0) is 12.6. The van der Waals surface area contributed by atoms with Crippen LogP contribution in [0.25, 0.3) is 0 Å². The van der Waals surface area contributed by atoms with E-state index in [9.17, 15) is 0 Å². The van der Waals surface area contributed by atoms with Crippen LogP contribution in [0.3, 0.4) is 0 Å². The molecule has 14 heavy (non-hydrogen) atoms. The molecule has 0 saturated carbocycles. The fraction of sp³-hybridized carbons (Fsp3) is 0.667. The molecule has 0 bridgehead atoms. The molecular formula is C6H20O6P2. The van der Waals surface area contributed by atoms with Crippen LogP contribution in [-0.4, -0.2) is 19.6 Å². The Morgan fingerprint density at radius 1 is 0.857 bits per heavy atom. The molecule has 0 aromatic carbocycles. The zero-order valence-corrected chi connectivity index (χ0v) is 10.4. The number of hydrogen-bond donors (Lipinski definition) is 4. The summed E-state index contributed by atoms with van der Waals surface area (Å²) in [6.45, 7) is 10.4. The maximum absolute atomic E-state index is 8.74. The molecule has 90 valence electrons. The van der Waals surface area contributed by atoms with E-state index in [1.54, 1.807) is 0 Å². The second kappa shape index (κ2) is 29.2. The van der Waals surface area contributed by atoms with Crippen LogP contribution in [0.5, 0.6) is 0 Å². The molecule has 0 heterocycles. The van der Waals surface area contributed by atoms with E-state index in [1.807, 2.05) is 0 Å². The van der Waals surface area contributed by atoms with Crippen molar-refractivity contribution in [3.8, 4) is 0 Å². The highest BCUT2D eigenvalue weighted by Crippen LogP contribution is 1.98. The first-order valence-electron chi connectivity index (χ1n) is 3.72. The fourth-order valence-electron chi connectivity index (χ4n) is 0. The molecule has 0 saturated heterocycles. The standard InChI is InChI=1S/C4H10.C2H4.2H3O3P/c1-3-4-2;1-2;2*1-4(2)3/h3-4H2,1-2H3;1-2H2;2*4H,(H2,1,2,3). The molecule has 0 rings (SSSR count). The molecule has 4 N–H and O–H groups in total. The lowest BCUT2D eigenvalue weighted by atomic mass is 10.4. The van der Waals surface area contributed by atoms with Crippen molar-refractivity contribution in [2.75, 3.05) is 0 Å². The van der Waals surface area contributed by atoms with Gasteiger partial charge in [-0.1, -0.05) is 26.7 Å². The minimum absolute atomic E-state index is 1.32. The Hall–Kier alpha value is 0.0400. The van der Waals surface area contributed by atoms with Gasteiger partial charge in [-0.25, -0.2) is 0 Å². The predicted octanol–water partition coefficient (Wildman–Crippen LogP) is 1.33. The molecule has 0 aliphatic heterocycles. The van der Waals surface area contributed by atoms with Crippen LogP contribution in [0.1, 0.15) is 26.7 Å². The maximum Gasteiger partial charge on any atom is 0.314 e. The molecule has 0 fully saturated rings. The van der Waals surface area contributed by atoms with Crippen LogP contribution in [-0.2, 0) is 9.13 Å². The van der Waals surface area contributed by atoms with Crippen LogP contribution in [0, 0.1) is 0 Å². The van der Waals surface area contributed by atoms with Crippen molar-refractivity contribution < 1.29 is 28.7 Å². The van der Waals surface area contributed by atoms with Crippen molar-refractivity contribution >= 4 is 16.5 Å². The Morgan fingerprint density at radius 3 is 0.929 bits per heavy atom. The Kier molecular flexibility index (Phi) is 49.5. The average molecular weight is 250 g/mol. The zero-order valence-electron chi connectivity index (χ0n) is 8.43. The van der Waals surface area contributed by atoms with Crippen LogP contribution in [0.2, 0.25) is 0 Å². The third-order valence-corrected chi connectivity index (χ3v) is 0.500. The van der Waals surface area contributed by atoms with Crippen molar-refractivity contribution in [3.63, 3.8) is 0 Å². The van der Waals surface area contributed by atoms with Crippen molar-refractivity contribution in [1.29, 1.82) is 0 Å². The molecule has 0 aromatic heterocycles. The van der Waals surface area contributed by atoms with Gasteiger partial charge in [0.05, 0.1) is 0 Å². The minimum Gasteiger partial charge on any atom is -0.326 e. The largest absolute Gasteiger partial charge is 0.326 e. The lowest BCUT2D eigenvalue weighted by molar-refractivity contribution is 0.403. The molecule has 8 heteroatoms. The van der Waals surface area contributed by atoms with Gasteiger partial charge >= 0.3 is 16.5 Å². The molecule has 0 aliphatic rings. The van der Waals surface area contributed by atoms with Crippen molar-refractivity contribution in [3.05, 3.63) is 13.2 Å². The maximum atomic E-state index is 8.74. The highest BCUT2D eigenvalue weighted by molar-refractivity contribution is 7.31. The number of unbranched alkanes of at least 4 members (excludes halogenated alkanes) is 1. The summed E-state index contributed by atoms with van der Waals surface area (Å²) in [5.41, 5.74) is 0. The first-order chi connectivity index (χ1) is 6.38. The molecule has 0 amide bonds. The van der Waals surface area contributed by atoms with Crippen molar-refractivity contribution in [1.82, 2.24) is 0 Å². The molecule has 0 atom stereocenters. The molecule has 0 aromatic rings. The first-order valence-corrected chi connectivity index (χ1v) is 6.32. The van der Waals surface area contributed by atoms with E-state index in [1.165, 1.54) is 12.8 Å². The molecule has 6 nitrogen and oxygen atoms in total. The van der Waals surface area contributed by atoms with Crippen molar-refractivity contribution in [2.24, 2.45) is 0 Å². The lowest BCUT2D eigenvalue weighted by Gasteiger charge is -1.68. The molecule has 0 spiro atoms. The van der Waals surface area contributed by atoms with E-state index in [-0.39, 0.29) is 0 Å². The van der Waals surface area contributed by atoms with Gasteiger partial charge in [-0.2, -0.15) is 0 Å². The summed E-state index contributed by atoms with van der Waals surface area (Å²) in [7, 11) is -6.26. The van der Waals surface area contributed by atoms with Gasteiger partial charge in [-0.3, -0.25) is 9.13 Å². The summed E-state index contributed by atoms with van der Waals surface area (Å²) < 4.78 is 17.5. The molecule has 0 radical (unpaired) electrons. The van der Waals surface area contributed by atoms with Crippen LogP contribution in [0.15, 0.2) is 13.2 Å². The fourth-order valence-corrected chi connectivity index (χ4v) is 0. The van der Waals surface area contributed by atoms with E-state index < -0.39 is 16.5 Å². The predicted molar refractivity (Wildman–Crippen MR) is 58.7 cm³/mol. The summed E-state index contributed by atoms with van der Waals surface area (Å²) in [5.74, 6) is 0. The highest BCUT2D eigenvalue weighted by Gasteiger charge is 1.62. The first kappa shape index (κ1) is 23.7. The minimum atomic E-state index is -3.13. The van der Waals surface area contributed by atoms with Gasteiger partial charge in [0, 0.05) is 0 Å². The summed E-state index contributed by atoms with van der Waals surface area (Å²) in [5, 5.41) is 0. The Morgan fingerprint density at radius 2 is 0.929 bits per heavy atom. The normalized spacial score (nSPS) is 7.43. The SMILES string of the molecule is C=C.CCCC.O=[PH](O)O.O=[PH](O)O. The summed E-state index contributed by atoms with van der Waals surface area (Å²) >= 11 is 0. The molecular weight excluding hydrogens is 230 g/mol. The van der Waals surface area contributed by atoms with Crippen LogP contribution in [0.4, 0.5) is 0 Å². The summed E-state index contributed by atoms with van der Waals surface area (Å²) in [6, 6.07) is 0. The lowest BCUT2D eigenvalue weighted by Crippen LogP contribution is -1.47.